The van der Waals surface area contributed by atoms with Crippen LogP contribution >= 0.6 is 11.6 Å². The van der Waals surface area contributed by atoms with E-state index in [1.807, 2.05) is 0 Å². The van der Waals surface area contributed by atoms with Gasteiger partial charge in [0.2, 0.25) is 0 Å². The van der Waals surface area contributed by atoms with E-state index in [-0.39, 0.29) is 18.3 Å². The van der Waals surface area contributed by atoms with Crippen molar-refractivity contribution in [3.05, 3.63) is 65.2 Å². The third-order valence-corrected chi connectivity index (χ3v) is 4.08. The lowest BCUT2D eigenvalue weighted by Crippen LogP contribution is -2.33. The Hall–Kier alpha value is -2.93. The largest absolute Gasteiger partial charge is 0.484 e. The summed E-state index contributed by atoms with van der Waals surface area (Å²) in [6, 6.07) is 12.6. The molecule has 0 spiro atoms. The van der Waals surface area contributed by atoms with E-state index in [9.17, 15) is 9.18 Å². The summed E-state index contributed by atoms with van der Waals surface area (Å²) in [6.45, 7) is 0.273. The van der Waals surface area contributed by atoms with E-state index in [0.717, 1.165) is 5.56 Å². The van der Waals surface area contributed by atoms with Gasteiger partial charge in [-0.2, -0.15) is 4.98 Å². The number of likely N-dealkylation sites (N-methyl/N-ethyl adjacent to an activating group) is 1. The molecule has 3 rings (SSSR count). The summed E-state index contributed by atoms with van der Waals surface area (Å²) in [5.74, 6) is 0.767. The molecule has 1 heterocycles. The molecule has 0 aliphatic heterocycles. The van der Waals surface area contributed by atoms with Crippen molar-refractivity contribution < 1.29 is 18.4 Å². The fourth-order valence-electron chi connectivity index (χ4n) is 2.24. The topological polar surface area (TPSA) is 68.5 Å². The SMILES string of the molecule is CN(CCc1noc(-c2ccc(Cl)cc2)n1)C(=O)COc1ccc(F)cc1. The number of carbonyl (C=O) groups excluding carboxylic acids is 1. The Morgan fingerprint density at radius 1 is 1.19 bits per heavy atom. The molecule has 27 heavy (non-hydrogen) atoms. The van der Waals surface area contributed by atoms with Crippen LogP contribution in [0.25, 0.3) is 11.5 Å². The lowest BCUT2D eigenvalue weighted by molar-refractivity contribution is -0.132. The van der Waals surface area contributed by atoms with Crippen molar-refractivity contribution in [3.8, 4) is 17.2 Å². The summed E-state index contributed by atoms with van der Waals surface area (Å²) in [5.41, 5.74) is 0.773. The van der Waals surface area contributed by atoms with Crippen molar-refractivity contribution in [3.63, 3.8) is 0 Å². The Morgan fingerprint density at radius 3 is 2.59 bits per heavy atom. The number of amides is 1. The third kappa shape index (κ3) is 5.27. The number of hydrogen-bond acceptors (Lipinski definition) is 5. The van der Waals surface area contributed by atoms with E-state index < -0.39 is 0 Å². The summed E-state index contributed by atoms with van der Waals surface area (Å²) >= 11 is 5.86. The third-order valence-electron chi connectivity index (χ3n) is 3.83. The predicted octanol–water partition coefficient (Wildman–Crippen LogP) is 3.61. The second-order valence-corrected chi connectivity index (χ2v) is 6.27. The number of benzene rings is 2. The van der Waals surface area contributed by atoms with Crippen molar-refractivity contribution in [1.29, 1.82) is 0 Å². The molecule has 0 aliphatic rings. The summed E-state index contributed by atoms with van der Waals surface area (Å²) in [5, 5.41) is 4.55. The normalized spacial score (nSPS) is 10.6. The molecule has 0 unspecified atom stereocenters. The lowest BCUT2D eigenvalue weighted by Gasteiger charge is -2.16. The van der Waals surface area contributed by atoms with Crippen LogP contribution in [0.15, 0.2) is 53.1 Å². The molecule has 0 saturated heterocycles. The zero-order chi connectivity index (χ0) is 19.2. The number of halogens is 2. The fourth-order valence-corrected chi connectivity index (χ4v) is 2.37. The Balaban J connectivity index is 1.48. The van der Waals surface area contributed by atoms with E-state index in [2.05, 4.69) is 10.1 Å². The maximum absolute atomic E-state index is 12.8. The zero-order valence-electron chi connectivity index (χ0n) is 14.6. The standard InChI is InChI=1S/C19H17ClFN3O3/c1-24(18(25)12-26-16-8-6-15(21)7-9-16)11-10-17-22-19(27-23-17)13-2-4-14(20)5-3-13/h2-9H,10-12H2,1H3. The molecule has 0 saturated carbocycles. The van der Waals surface area contributed by atoms with Crippen LogP contribution in [0.3, 0.4) is 0 Å². The smallest absolute Gasteiger partial charge is 0.260 e. The molecule has 0 N–H and O–H groups in total. The average Bonchev–Trinajstić information content (AvgIpc) is 3.15. The molecule has 6 nitrogen and oxygen atoms in total. The van der Waals surface area contributed by atoms with Gasteiger partial charge in [-0.1, -0.05) is 16.8 Å². The van der Waals surface area contributed by atoms with Gasteiger partial charge in [-0.05, 0) is 48.5 Å². The van der Waals surface area contributed by atoms with Gasteiger partial charge in [-0.15, -0.1) is 0 Å². The van der Waals surface area contributed by atoms with Gasteiger partial charge in [-0.25, -0.2) is 4.39 Å². The van der Waals surface area contributed by atoms with Crippen LogP contribution in [0.1, 0.15) is 5.82 Å². The number of hydrogen-bond donors (Lipinski definition) is 0. The van der Waals surface area contributed by atoms with Gasteiger partial charge in [0.15, 0.2) is 12.4 Å². The molecule has 140 valence electrons. The van der Waals surface area contributed by atoms with E-state index in [4.69, 9.17) is 20.9 Å². The monoisotopic (exact) mass is 389 g/mol. The predicted molar refractivity (Wildman–Crippen MR) is 98.0 cm³/mol. The first-order valence-corrected chi connectivity index (χ1v) is 8.60. The number of aromatic nitrogens is 2. The van der Waals surface area contributed by atoms with Crippen molar-refractivity contribution >= 4 is 17.5 Å². The molecule has 0 aliphatic carbocycles. The zero-order valence-corrected chi connectivity index (χ0v) is 15.3. The first-order valence-electron chi connectivity index (χ1n) is 8.22. The van der Waals surface area contributed by atoms with Crippen molar-refractivity contribution in [2.45, 2.75) is 6.42 Å². The maximum atomic E-state index is 12.8. The summed E-state index contributed by atoms with van der Waals surface area (Å²) in [7, 11) is 1.66. The van der Waals surface area contributed by atoms with Crippen molar-refractivity contribution in [2.75, 3.05) is 20.2 Å². The minimum atomic E-state index is -0.358. The second-order valence-electron chi connectivity index (χ2n) is 5.83. The molecule has 0 atom stereocenters. The van der Waals surface area contributed by atoms with Crippen LogP contribution in [0.2, 0.25) is 5.02 Å². The fraction of sp³-hybridized carbons (Fsp3) is 0.211. The van der Waals surface area contributed by atoms with Crippen molar-refractivity contribution in [2.24, 2.45) is 0 Å². The first-order chi connectivity index (χ1) is 13.0. The molecule has 1 amide bonds. The minimum Gasteiger partial charge on any atom is -0.484 e. The van der Waals surface area contributed by atoms with Crippen LogP contribution in [0.4, 0.5) is 4.39 Å². The number of nitrogens with zero attached hydrogens (tertiary/aromatic N) is 3. The van der Waals surface area contributed by atoms with Gasteiger partial charge >= 0.3 is 0 Å². The molecule has 0 bridgehead atoms. The highest BCUT2D eigenvalue weighted by molar-refractivity contribution is 6.30. The van der Waals surface area contributed by atoms with E-state index in [1.165, 1.54) is 29.2 Å². The molecule has 3 aromatic rings. The Bertz CT molecular complexity index is 897. The van der Waals surface area contributed by atoms with Crippen LogP contribution in [-0.4, -0.2) is 41.1 Å². The maximum Gasteiger partial charge on any atom is 0.260 e. The highest BCUT2D eigenvalue weighted by atomic mass is 35.5. The van der Waals surface area contributed by atoms with E-state index in [1.54, 1.807) is 31.3 Å². The van der Waals surface area contributed by atoms with E-state index in [0.29, 0.717) is 35.5 Å². The molecular weight excluding hydrogens is 373 g/mol. The minimum absolute atomic E-state index is 0.135. The van der Waals surface area contributed by atoms with Crippen LogP contribution < -0.4 is 4.74 Å². The van der Waals surface area contributed by atoms with Crippen LogP contribution in [0.5, 0.6) is 5.75 Å². The lowest BCUT2D eigenvalue weighted by atomic mass is 10.2. The van der Waals surface area contributed by atoms with Crippen LogP contribution in [0, 0.1) is 5.82 Å². The Kier molecular flexibility index (Phi) is 6.03. The molecule has 0 radical (unpaired) electrons. The van der Waals surface area contributed by atoms with Gasteiger partial charge < -0.3 is 14.2 Å². The molecular formula is C19H17ClFN3O3. The Labute approximate surface area is 160 Å². The first kappa shape index (κ1) is 18.8. The van der Waals surface area contributed by atoms with Crippen LogP contribution in [-0.2, 0) is 11.2 Å². The highest BCUT2D eigenvalue weighted by Gasteiger charge is 2.13. The van der Waals surface area contributed by atoms with Crippen molar-refractivity contribution in [1.82, 2.24) is 15.0 Å². The summed E-state index contributed by atoms with van der Waals surface area (Å²) in [6.07, 6.45) is 0.440. The summed E-state index contributed by atoms with van der Waals surface area (Å²) < 4.78 is 23.4. The van der Waals surface area contributed by atoms with Gasteiger partial charge in [0, 0.05) is 30.6 Å². The molecule has 8 heteroatoms. The molecule has 1 aromatic heterocycles. The summed E-state index contributed by atoms with van der Waals surface area (Å²) in [4.78, 5) is 17.9. The second kappa shape index (κ2) is 8.64. The number of carbonyl (C=O) groups is 1. The van der Waals surface area contributed by atoms with Gasteiger partial charge in [0.25, 0.3) is 11.8 Å². The van der Waals surface area contributed by atoms with Gasteiger partial charge in [0.05, 0.1) is 0 Å². The van der Waals surface area contributed by atoms with Gasteiger partial charge in [0.1, 0.15) is 11.6 Å². The average molecular weight is 390 g/mol. The van der Waals surface area contributed by atoms with E-state index >= 15 is 0 Å². The van der Waals surface area contributed by atoms with Gasteiger partial charge in [-0.3, -0.25) is 4.79 Å². The number of rotatable bonds is 7. The molecule has 2 aromatic carbocycles. The number of ether oxygens (including phenoxy) is 1. The highest BCUT2D eigenvalue weighted by Crippen LogP contribution is 2.19. The quantitative estimate of drug-likeness (QED) is 0.617. The molecule has 0 fully saturated rings. The Morgan fingerprint density at radius 2 is 1.89 bits per heavy atom.